The van der Waals surface area contributed by atoms with Crippen LogP contribution in [-0.2, 0) is 4.79 Å². The summed E-state index contributed by atoms with van der Waals surface area (Å²) >= 11 is 1.67. The third-order valence-electron chi connectivity index (χ3n) is 4.37. The zero-order valence-electron chi connectivity index (χ0n) is 14.5. The third-order valence-corrected chi connectivity index (χ3v) is 5.50. The van der Waals surface area contributed by atoms with E-state index in [1.54, 1.807) is 23.9 Å². The van der Waals surface area contributed by atoms with Crippen LogP contribution in [0.1, 0.15) is 40.4 Å². The molecule has 0 spiro atoms. The van der Waals surface area contributed by atoms with Crippen LogP contribution in [0.4, 0.5) is 4.39 Å². The van der Waals surface area contributed by atoms with Crippen LogP contribution in [0, 0.1) is 12.7 Å². The Balaban J connectivity index is 1.52. The van der Waals surface area contributed by atoms with Gasteiger partial charge in [-0.25, -0.2) is 4.39 Å². The lowest BCUT2D eigenvalue weighted by Gasteiger charge is -2.26. The quantitative estimate of drug-likeness (QED) is 0.843. The Bertz CT molecular complexity index is 825. The Morgan fingerprint density at radius 3 is 2.85 bits per heavy atom. The maximum atomic E-state index is 13.5. The molecule has 1 aliphatic heterocycles. The molecule has 1 atom stereocenters. The summed E-state index contributed by atoms with van der Waals surface area (Å²) in [5, 5.41) is 5.73. The predicted octanol–water partition coefficient (Wildman–Crippen LogP) is 3.61. The first kappa shape index (κ1) is 18.5. The van der Waals surface area contributed by atoms with Gasteiger partial charge in [-0.3, -0.25) is 9.59 Å². The van der Waals surface area contributed by atoms with Crippen molar-refractivity contribution in [3.8, 4) is 0 Å². The van der Waals surface area contributed by atoms with Crippen molar-refractivity contribution < 1.29 is 14.0 Å². The molecule has 0 saturated heterocycles. The fourth-order valence-corrected chi connectivity index (χ4v) is 4.10. The number of aryl methyl sites for hydroxylation is 1. The first-order valence-electron chi connectivity index (χ1n) is 8.60. The van der Waals surface area contributed by atoms with E-state index in [1.165, 1.54) is 12.1 Å². The number of carbonyl (C=O) groups excluding carboxylic acids is 2. The van der Waals surface area contributed by atoms with Gasteiger partial charge in [-0.15, -0.1) is 11.8 Å². The summed E-state index contributed by atoms with van der Waals surface area (Å²) in [5.41, 5.74) is 2.34. The molecule has 0 aliphatic carbocycles. The number of thioether (sulfide) groups is 1. The third kappa shape index (κ3) is 4.43. The van der Waals surface area contributed by atoms with Crippen molar-refractivity contribution in [3.63, 3.8) is 0 Å². The Morgan fingerprint density at radius 2 is 2.04 bits per heavy atom. The lowest BCUT2D eigenvalue weighted by atomic mass is 10.0. The summed E-state index contributed by atoms with van der Waals surface area (Å²) in [6.45, 7) is 2.13. The molecule has 0 radical (unpaired) electrons. The van der Waals surface area contributed by atoms with Gasteiger partial charge in [0.05, 0.1) is 6.04 Å². The minimum Gasteiger partial charge on any atom is -0.352 e. The zero-order valence-corrected chi connectivity index (χ0v) is 15.4. The van der Waals surface area contributed by atoms with E-state index in [-0.39, 0.29) is 36.6 Å². The van der Waals surface area contributed by atoms with E-state index >= 15 is 0 Å². The van der Waals surface area contributed by atoms with E-state index < -0.39 is 0 Å². The minimum atomic E-state index is -0.295. The fourth-order valence-electron chi connectivity index (χ4n) is 2.99. The molecular formula is C20H21FN2O2S. The SMILES string of the molecule is Cc1ccccc1C(=O)NCCC(=O)NC1CCSc2ccc(F)cc21. The highest BCUT2D eigenvalue weighted by Crippen LogP contribution is 2.36. The number of amides is 2. The summed E-state index contributed by atoms with van der Waals surface area (Å²) in [6.07, 6.45) is 0.953. The number of nitrogens with one attached hydrogen (secondary N) is 2. The van der Waals surface area contributed by atoms with Gasteiger partial charge in [-0.1, -0.05) is 18.2 Å². The monoisotopic (exact) mass is 372 g/mol. The predicted molar refractivity (Wildman–Crippen MR) is 101 cm³/mol. The van der Waals surface area contributed by atoms with Crippen molar-refractivity contribution in [1.82, 2.24) is 10.6 Å². The van der Waals surface area contributed by atoms with Gasteiger partial charge in [0.1, 0.15) is 5.82 Å². The van der Waals surface area contributed by atoms with Gasteiger partial charge in [0.25, 0.3) is 5.91 Å². The summed E-state index contributed by atoms with van der Waals surface area (Å²) < 4.78 is 13.5. The molecule has 0 aromatic heterocycles. The molecule has 2 amide bonds. The second-order valence-electron chi connectivity index (χ2n) is 6.26. The Hall–Kier alpha value is -2.34. The van der Waals surface area contributed by atoms with Crippen LogP contribution in [0.5, 0.6) is 0 Å². The summed E-state index contributed by atoms with van der Waals surface area (Å²) in [7, 11) is 0. The van der Waals surface area contributed by atoms with Crippen LogP contribution >= 0.6 is 11.8 Å². The topological polar surface area (TPSA) is 58.2 Å². The molecule has 0 bridgehead atoms. The highest BCUT2D eigenvalue weighted by Gasteiger charge is 2.22. The van der Waals surface area contributed by atoms with Gasteiger partial charge >= 0.3 is 0 Å². The first-order valence-corrected chi connectivity index (χ1v) is 9.58. The first-order chi connectivity index (χ1) is 12.5. The molecule has 26 heavy (non-hydrogen) atoms. The van der Waals surface area contributed by atoms with Gasteiger partial charge < -0.3 is 10.6 Å². The summed E-state index contributed by atoms with van der Waals surface area (Å²) in [6, 6.07) is 11.8. The Morgan fingerprint density at radius 1 is 1.23 bits per heavy atom. The molecule has 1 aliphatic rings. The van der Waals surface area contributed by atoms with Gasteiger partial charge in [0.2, 0.25) is 5.91 Å². The summed E-state index contributed by atoms with van der Waals surface area (Å²) in [4.78, 5) is 25.4. The number of benzene rings is 2. The highest BCUT2D eigenvalue weighted by atomic mass is 32.2. The second kappa shape index (κ2) is 8.36. The van der Waals surface area contributed by atoms with Crippen LogP contribution in [0.25, 0.3) is 0 Å². The van der Waals surface area contributed by atoms with E-state index in [0.29, 0.717) is 5.56 Å². The molecule has 1 unspecified atom stereocenters. The average molecular weight is 372 g/mol. The summed E-state index contributed by atoms with van der Waals surface area (Å²) in [5.74, 6) is 0.253. The molecule has 1 heterocycles. The van der Waals surface area contributed by atoms with Crippen molar-refractivity contribution >= 4 is 23.6 Å². The van der Waals surface area contributed by atoms with Crippen molar-refractivity contribution in [2.24, 2.45) is 0 Å². The number of fused-ring (bicyclic) bond motifs is 1. The molecule has 0 saturated carbocycles. The van der Waals surface area contributed by atoms with Crippen LogP contribution in [0.2, 0.25) is 0 Å². The molecule has 4 nitrogen and oxygen atoms in total. The standard InChI is InChI=1S/C20H21FN2O2S/c1-13-4-2-3-5-15(13)20(25)22-10-8-19(24)23-17-9-11-26-18-7-6-14(21)12-16(17)18/h2-7,12,17H,8-11H2,1H3,(H,22,25)(H,23,24). The molecule has 2 aromatic rings. The van der Waals surface area contributed by atoms with E-state index in [9.17, 15) is 14.0 Å². The van der Waals surface area contributed by atoms with Crippen LogP contribution in [0.15, 0.2) is 47.4 Å². The van der Waals surface area contributed by atoms with Crippen molar-refractivity contribution in [2.75, 3.05) is 12.3 Å². The molecular weight excluding hydrogens is 351 g/mol. The van der Waals surface area contributed by atoms with Crippen LogP contribution in [-0.4, -0.2) is 24.1 Å². The lowest BCUT2D eigenvalue weighted by molar-refractivity contribution is -0.121. The smallest absolute Gasteiger partial charge is 0.251 e. The maximum Gasteiger partial charge on any atom is 0.251 e. The molecule has 136 valence electrons. The molecule has 0 fully saturated rings. The maximum absolute atomic E-state index is 13.5. The van der Waals surface area contributed by atoms with Gasteiger partial charge in [0.15, 0.2) is 0 Å². The molecule has 6 heteroatoms. The zero-order chi connectivity index (χ0) is 18.5. The highest BCUT2D eigenvalue weighted by molar-refractivity contribution is 7.99. The van der Waals surface area contributed by atoms with Gasteiger partial charge in [-0.05, 0) is 48.7 Å². The normalized spacial score (nSPS) is 15.8. The van der Waals surface area contributed by atoms with Crippen LogP contribution < -0.4 is 10.6 Å². The average Bonchev–Trinajstić information content (AvgIpc) is 2.62. The fraction of sp³-hybridized carbons (Fsp3) is 0.300. The number of rotatable bonds is 5. The Labute approximate surface area is 156 Å². The number of hydrogen-bond acceptors (Lipinski definition) is 3. The number of hydrogen-bond donors (Lipinski definition) is 2. The molecule has 3 rings (SSSR count). The Kier molecular flexibility index (Phi) is 5.93. The minimum absolute atomic E-state index is 0.151. The van der Waals surface area contributed by atoms with Crippen molar-refractivity contribution in [1.29, 1.82) is 0 Å². The van der Waals surface area contributed by atoms with Crippen LogP contribution in [0.3, 0.4) is 0 Å². The van der Waals surface area contributed by atoms with E-state index in [1.807, 2.05) is 25.1 Å². The van der Waals surface area contributed by atoms with Gasteiger partial charge in [-0.2, -0.15) is 0 Å². The lowest BCUT2D eigenvalue weighted by Crippen LogP contribution is -2.34. The molecule has 2 aromatic carbocycles. The van der Waals surface area contributed by atoms with E-state index in [4.69, 9.17) is 0 Å². The largest absolute Gasteiger partial charge is 0.352 e. The number of carbonyl (C=O) groups is 2. The van der Waals surface area contributed by atoms with E-state index in [2.05, 4.69) is 10.6 Å². The van der Waals surface area contributed by atoms with E-state index in [0.717, 1.165) is 28.2 Å². The number of halogens is 1. The second-order valence-corrected chi connectivity index (χ2v) is 7.40. The molecule has 2 N–H and O–H groups in total. The van der Waals surface area contributed by atoms with Crippen molar-refractivity contribution in [3.05, 3.63) is 65.0 Å². The van der Waals surface area contributed by atoms with Crippen molar-refractivity contribution in [2.45, 2.75) is 30.7 Å². The van der Waals surface area contributed by atoms with Gasteiger partial charge in [0, 0.05) is 29.2 Å².